The quantitative estimate of drug-likeness (QED) is 0.470. The lowest BCUT2D eigenvalue weighted by atomic mass is 9.98. The van der Waals surface area contributed by atoms with Crippen LogP contribution in [0.25, 0.3) is 11.1 Å². The summed E-state index contributed by atoms with van der Waals surface area (Å²) in [4.78, 5) is 30.6. The molecule has 1 aromatic heterocycles. The zero-order valence-corrected chi connectivity index (χ0v) is 18.5. The van der Waals surface area contributed by atoms with Gasteiger partial charge in [0.15, 0.2) is 5.78 Å². The number of aryl methyl sites for hydroxylation is 2. The summed E-state index contributed by atoms with van der Waals surface area (Å²) in [5.41, 5.74) is 5.37. The van der Waals surface area contributed by atoms with Crippen molar-refractivity contribution in [3.8, 4) is 16.9 Å². The van der Waals surface area contributed by atoms with Crippen molar-refractivity contribution in [2.24, 2.45) is 0 Å². The number of carbonyl (C=O) groups excluding carboxylic acids is 2. The Balaban J connectivity index is 1.75. The number of amides is 1. The van der Waals surface area contributed by atoms with Crippen LogP contribution >= 0.6 is 0 Å². The number of hydrogen-bond acceptors (Lipinski definition) is 4. The topological polar surface area (TPSA) is 59.5 Å². The van der Waals surface area contributed by atoms with Crippen molar-refractivity contribution in [3.05, 3.63) is 77.6 Å². The van der Waals surface area contributed by atoms with Gasteiger partial charge in [-0.05, 0) is 60.4 Å². The number of benzene rings is 2. The number of carbonyl (C=O) groups is 2. The molecular formula is C26H28N2O3. The van der Waals surface area contributed by atoms with Crippen molar-refractivity contribution in [1.82, 2.24) is 4.98 Å². The summed E-state index contributed by atoms with van der Waals surface area (Å²) in [5.74, 6) is 0.671. The van der Waals surface area contributed by atoms with Gasteiger partial charge in [0.1, 0.15) is 5.75 Å². The molecule has 0 fully saturated rings. The second-order valence-corrected chi connectivity index (χ2v) is 7.50. The van der Waals surface area contributed by atoms with E-state index in [4.69, 9.17) is 4.74 Å². The molecule has 1 amide bonds. The van der Waals surface area contributed by atoms with E-state index >= 15 is 0 Å². The molecule has 0 aliphatic carbocycles. The van der Waals surface area contributed by atoms with Crippen molar-refractivity contribution in [2.45, 2.75) is 33.1 Å². The first-order chi connectivity index (χ1) is 14.9. The monoisotopic (exact) mass is 416 g/mol. The van der Waals surface area contributed by atoms with Crippen LogP contribution in [-0.4, -0.2) is 30.8 Å². The van der Waals surface area contributed by atoms with Crippen molar-refractivity contribution < 1.29 is 14.3 Å². The molecular weight excluding hydrogens is 388 g/mol. The van der Waals surface area contributed by atoms with Crippen LogP contribution in [0.3, 0.4) is 0 Å². The summed E-state index contributed by atoms with van der Waals surface area (Å²) in [6, 6.07) is 17.4. The summed E-state index contributed by atoms with van der Waals surface area (Å²) < 4.78 is 5.52. The highest BCUT2D eigenvalue weighted by Gasteiger charge is 2.14. The van der Waals surface area contributed by atoms with E-state index in [9.17, 15) is 9.59 Å². The minimum atomic E-state index is 0.0408. The van der Waals surface area contributed by atoms with Gasteiger partial charge in [-0.25, -0.2) is 0 Å². The summed E-state index contributed by atoms with van der Waals surface area (Å²) in [7, 11) is 3.35. The normalized spacial score (nSPS) is 10.6. The molecule has 31 heavy (non-hydrogen) atoms. The predicted octanol–water partition coefficient (Wildman–Crippen LogP) is 5.25. The molecule has 0 aliphatic rings. The Morgan fingerprint density at radius 1 is 1.00 bits per heavy atom. The van der Waals surface area contributed by atoms with E-state index in [1.807, 2.05) is 74.6 Å². The Kier molecular flexibility index (Phi) is 7.19. The van der Waals surface area contributed by atoms with Gasteiger partial charge in [-0.1, -0.05) is 31.2 Å². The van der Waals surface area contributed by atoms with Gasteiger partial charge in [0.05, 0.1) is 12.7 Å². The van der Waals surface area contributed by atoms with Crippen molar-refractivity contribution in [1.29, 1.82) is 0 Å². The van der Waals surface area contributed by atoms with Crippen LogP contribution in [0, 0.1) is 6.92 Å². The van der Waals surface area contributed by atoms with Gasteiger partial charge in [-0.15, -0.1) is 0 Å². The molecule has 1 heterocycles. The first-order valence-corrected chi connectivity index (χ1v) is 10.4. The summed E-state index contributed by atoms with van der Waals surface area (Å²) in [6.07, 6.45) is 3.32. The number of rotatable bonds is 8. The SMILES string of the molecule is CCC(=O)N(C)c1ccc(-c2ccc(C(=O)CCc3ccc(C)nc3)c(OC)c2)cc1. The highest BCUT2D eigenvalue weighted by Crippen LogP contribution is 2.29. The first-order valence-electron chi connectivity index (χ1n) is 10.4. The molecule has 0 saturated carbocycles. The molecule has 0 unspecified atom stereocenters. The maximum absolute atomic E-state index is 12.8. The molecule has 0 radical (unpaired) electrons. The Labute approximate surface area is 183 Å². The minimum absolute atomic E-state index is 0.0408. The summed E-state index contributed by atoms with van der Waals surface area (Å²) in [5, 5.41) is 0. The summed E-state index contributed by atoms with van der Waals surface area (Å²) in [6.45, 7) is 3.79. The van der Waals surface area contributed by atoms with Crippen LogP contribution in [0.15, 0.2) is 60.8 Å². The highest BCUT2D eigenvalue weighted by atomic mass is 16.5. The van der Waals surface area contributed by atoms with Crippen LogP contribution in [-0.2, 0) is 11.2 Å². The number of anilines is 1. The van der Waals surface area contributed by atoms with Crippen LogP contribution in [0.5, 0.6) is 5.75 Å². The molecule has 160 valence electrons. The number of ether oxygens (including phenoxy) is 1. The number of hydrogen-bond donors (Lipinski definition) is 0. The third-order valence-electron chi connectivity index (χ3n) is 5.38. The van der Waals surface area contributed by atoms with Crippen LogP contribution < -0.4 is 9.64 Å². The fourth-order valence-corrected chi connectivity index (χ4v) is 3.40. The van der Waals surface area contributed by atoms with E-state index in [0.717, 1.165) is 28.1 Å². The van der Waals surface area contributed by atoms with E-state index < -0.39 is 0 Å². The number of Topliss-reactive ketones (excluding diaryl/α,β-unsaturated/α-hetero) is 1. The minimum Gasteiger partial charge on any atom is -0.496 e. The number of pyridine rings is 1. The lowest BCUT2D eigenvalue weighted by Gasteiger charge is -2.17. The number of nitrogens with zero attached hydrogens (tertiary/aromatic N) is 2. The molecule has 0 N–H and O–H groups in total. The Hall–Kier alpha value is -3.47. The standard InChI is InChI=1S/C26H28N2O3/c1-5-26(30)28(3)22-12-9-20(10-13-22)21-11-14-23(25(16-21)31-4)24(29)15-8-19-7-6-18(2)27-17-19/h6-7,9-14,16-17H,5,8,15H2,1-4H3. The second kappa shape index (κ2) is 10.0. The number of aromatic nitrogens is 1. The van der Waals surface area contributed by atoms with Gasteiger partial charge in [-0.3, -0.25) is 14.6 Å². The Bertz CT molecular complexity index is 1060. The molecule has 0 bridgehead atoms. The van der Waals surface area contributed by atoms with Crippen molar-refractivity contribution in [2.75, 3.05) is 19.1 Å². The average Bonchev–Trinajstić information content (AvgIpc) is 2.82. The highest BCUT2D eigenvalue weighted by molar-refractivity contribution is 5.99. The van der Waals surface area contributed by atoms with Crippen LogP contribution in [0.2, 0.25) is 0 Å². The Morgan fingerprint density at radius 3 is 2.32 bits per heavy atom. The van der Waals surface area contributed by atoms with Crippen molar-refractivity contribution >= 4 is 17.4 Å². The molecule has 0 aliphatic heterocycles. The van der Waals surface area contributed by atoms with Crippen LogP contribution in [0.1, 0.15) is 41.4 Å². The van der Waals surface area contributed by atoms with Gasteiger partial charge in [0.25, 0.3) is 0 Å². The molecule has 5 nitrogen and oxygen atoms in total. The molecule has 3 aromatic rings. The van der Waals surface area contributed by atoms with E-state index in [2.05, 4.69) is 4.98 Å². The zero-order valence-electron chi connectivity index (χ0n) is 18.5. The Morgan fingerprint density at radius 2 is 1.71 bits per heavy atom. The van der Waals surface area contributed by atoms with E-state index in [1.54, 1.807) is 19.1 Å². The average molecular weight is 417 g/mol. The first kappa shape index (κ1) is 22.2. The van der Waals surface area contributed by atoms with Gasteiger partial charge in [-0.2, -0.15) is 0 Å². The van der Waals surface area contributed by atoms with Gasteiger partial charge >= 0.3 is 0 Å². The lowest BCUT2D eigenvalue weighted by Crippen LogP contribution is -2.24. The fourth-order valence-electron chi connectivity index (χ4n) is 3.40. The van der Waals surface area contributed by atoms with Gasteiger partial charge in [0, 0.05) is 37.5 Å². The third kappa shape index (κ3) is 5.37. The molecule has 5 heteroatoms. The smallest absolute Gasteiger partial charge is 0.226 e. The van der Waals surface area contributed by atoms with Crippen molar-refractivity contribution in [3.63, 3.8) is 0 Å². The predicted molar refractivity (Wildman–Crippen MR) is 124 cm³/mol. The van der Waals surface area contributed by atoms with Crippen LogP contribution in [0.4, 0.5) is 5.69 Å². The third-order valence-corrected chi connectivity index (χ3v) is 5.38. The van der Waals surface area contributed by atoms with E-state index in [0.29, 0.717) is 30.6 Å². The van der Waals surface area contributed by atoms with E-state index in [1.165, 1.54) is 0 Å². The molecule has 2 aromatic carbocycles. The lowest BCUT2D eigenvalue weighted by molar-refractivity contribution is -0.118. The maximum Gasteiger partial charge on any atom is 0.226 e. The number of methoxy groups -OCH3 is 1. The molecule has 0 saturated heterocycles. The molecule has 0 spiro atoms. The summed E-state index contributed by atoms with van der Waals surface area (Å²) >= 11 is 0. The molecule has 0 atom stereocenters. The zero-order chi connectivity index (χ0) is 22.4. The van der Waals surface area contributed by atoms with E-state index in [-0.39, 0.29) is 11.7 Å². The fraction of sp³-hybridized carbons (Fsp3) is 0.269. The molecule has 3 rings (SSSR count). The largest absolute Gasteiger partial charge is 0.496 e. The van der Waals surface area contributed by atoms with Gasteiger partial charge in [0.2, 0.25) is 5.91 Å². The second-order valence-electron chi connectivity index (χ2n) is 7.50. The van der Waals surface area contributed by atoms with Gasteiger partial charge < -0.3 is 9.64 Å². The maximum atomic E-state index is 12.8. The number of ketones is 1.